The van der Waals surface area contributed by atoms with E-state index in [0.717, 1.165) is 26.2 Å². The van der Waals surface area contributed by atoms with Crippen LogP contribution in [0.5, 0.6) is 5.75 Å². The van der Waals surface area contributed by atoms with Crippen LogP contribution in [0.3, 0.4) is 0 Å². The van der Waals surface area contributed by atoms with Gasteiger partial charge in [-0.15, -0.1) is 0 Å². The molecule has 1 atom stereocenters. The van der Waals surface area contributed by atoms with Crippen molar-refractivity contribution in [3.8, 4) is 5.75 Å². The van der Waals surface area contributed by atoms with Crippen molar-refractivity contribution in [1.82, 2.24) is 4.90 Å². The van der Waals surface area contributed by atoms with Crippen LogP contribution in [0.4, 0.5) is 5.69 Å². The molecule has 1 aliphatic rings. The van der Waals surface area contributed by atoms with E-state index in [-0.39, 0.29) is 11.8 Å². The highest BCUT2D eigenvalue weighted by Gasteiger charge is 2.19. The number of nitro groups is 1. The number of non-ortho nitro benzene ring substituents is 1. The predicted octanol–water partition coefficient (Wildman–Crippen LogP) is 1.69. The molecule has 0 amide bonds. The number of hydrogen-bond acceptors (Lipinski definition) is 5. The molecule has 1 aromatic carbocycles. The maximum absolute atomic E-state index is 10.5. The van der Waals surface area contributed by atoms with Crippen LogP contribution in [0.1, 0.15) is 6.92 Å². The van der Waals surface area contributed by atoms with E-state index < -0.39 is 4.92 Å². The first kappa shape index (κ1) is 13.8. The molecular formula is C13H18N2O4. The third kappa shape index (κ3) is 3.90. The van der Waals surface area contributed by atoms with Crippen LogP contribution in [0.15, 0.2) is 24.3 Å². The maximum atomic E-state index is 10.5. The molecule has 1 fully saturated rings. The molecule has 1 unspecified atom stereocenters. The topological polar surface area (TPSA) is 64.8 Å². The summed E-state index contributed by atoms with van der Waals surface area (Å²) in [5, 5.41) is 10.5. The van der Waals surface area contributed by atoms with Gasteiger partial charge >= 0.3 is 0 Å². The van der Waals surface area contributed by atoms with Crippen LogP contribution in [-0.4, -0.2) is 48.8 Å². The lowest BCUT2D eigenvalue weighted by molar-refractivity contribution is -0.384. The standard InChI is InChI=1S/C13H18N2O4/c1-2-14-7-8-18-13(9-14)10-19-12-5-3-11(4-6-12)15(16)17/h3-6,13H,2,7-10H2,1H3. The molecule has 0 aromatic heterocycles. The fourth-order valence-electron chi connectivity index (χ4n) is 2.02. The van der Waals surface area contributed by atoms with E-state index in [1.54, 1.807) is 12.1 Å². The number of benzene rings is 1. The number of nitrogens with zero attached hydrogens (tertiary/aromatic N) is 2. The van der Waals surface area contributed by atoms with Crippen LogP contribution >= 0.6 is 0 Å². The summed E-state index contributed by atoms with van der Waals surface area (Å²) in [5.74, 6) is 0.628. The molecule has 1 aliphatic heterocycles. The first-order chi connectivity index (χ1) is 9.19. The number of likely N-dealkylation sites (N-methyl/N-ethyl adjacent to an activating group) is 1. The van der Waals surface area contributed by atoms with Crippen molar-refractivity contribution < 1.29 is 14.4 Å². The summed E-state index contributed by atoms with van der Waals surface area (Å²) >= 11 is 0. The monoisotopic (exact) mass is 266 g/mol. The van der Waals surface area contributed by atoms with Crippen LogP contribution in [0.2, 0.25) is 0 Å². The highest BCUT2D eigenvalue weighted by Crippen LogP contribution is 2.18. The van der Waals surface area contributed by atoms with Gasteiger partial charge in [0.2, 0.25) is 0 Å². The molecule has 0 spiro atoms. The average molecular weight is 266 g/mol. The van der Waals surface area contributed by atoms with E-state index in [9.17, 15) is 10.1 Å². The Morgan fingerprint density at radius 3 is 2.84 bits per heavy atom. The third-order valence-corrected chi connectivity index (χ3v) is 3.15. The van der Waals surface area contributed by atoms with Crippen molar-refractivity contribution in [2.75, 3.05) is 32.8 Å². The van der Waals surface area contributed by atoms with E-state index in [2.05, 4.69) is 11.8 Å². The molecule has 0 radical (unpaired) electrons. The van der Waals surface area contributed by atoms with Gasteiger partial charge in [0.15, 0.2) is 0 Å². The molecule has 6 nitrogen and oxygen atoms in total. The van der Waals surface area contributed by atoms with Crippen LogP contribution < -0.4 is 4.74 Å². The lowest BCUT2D eigenvalue weighted by atomic mass is 10.3. The van der Waals surface area contributed by atoms with E-state index >= 15 is 0 Å². The maximum Gasteiger partial charge on any atom is 0.269 e. The summed E-state index contributed by atoms with van der Waals surface area (Å²) < 4.78 is 11.2. The second kappa shape index (κ2) is 6.49. The Balaban J connectivity index is 1.83. The van der Waals surface area contributed by atoms with Gasteiger partial charge in [0.1, 0.15) is 18.5 Å². The van der Waals surface area contributed by atoms with Crippen molar-refractivity contribution in [1.29, 1.82) is 0 Å². The van der Waals surface area contributed by atoms with Gasteiger partial charge in [-0.1, -0.05) is 6.92 Å². The number of nitro benzene ring substituents is 1. The molecule has 2 rings (SSSR count). The van der Waals surface area contributed by atoms with Gasteiger partial charge in [0.05, 0.1) is 11.5 Å². The number of hydrogen-bond donors (Lipinski definition) is 0. The highest BCUT2D eigenvalue weighted by atomic mass is 16.6. The normalized spacial score (nSPS) is 20.2. The summed E-state index contributed by atoms with van der Waals surface area (Å²) in [6, 6.07) is 6.10. The zero-order valence-corrected chi connectivity index (χ0v) is 10.9. The lowest BCUT2D eigenvalue weighted by Crippen LogP contribution is -2.44. The van der Waals surface area contributed by atoms with Crippen LogP contribution in [-0.2, 0) is 4.74 Å². The largest absolute Gasteiger partial charge is 0.491 e. The smallest absolute Gasteiger partial charge is 0.269 e. The SMILES string of the molecule is CCN1CCOC(COc2ccc([N+](=O)[O-])cc2)C1. The van der Waals surface area contributed by atoms with E-state index in [1.165, 1.54) is 12.1 Å². The Labute approximate surface area is 112 Å². The summed E-state index contributed by atoms with van der Waals surface area (Å²) in [5.41, 5.74) is 0.0680. The molecule has 0 saturated carbocycles. The fraction of sp³-hybridized carbons (Fsp3) is 0.538. The first-order valence-electron chi connectivity index (χ1n) is 6.40. The molecule has 1 aromatic rings. The van der Waals surface area contributed by atoms with Gasteiger partial charge in [-0.05, 0) is 18.7 Å². The third-order valence-electron chi connectivity index (χ3n) is 3.15. The fourth-order valence-corrected chi connectivity index (χ4v) is 2.02. The van der Waals surface area contributed by atoms with E-state index in [4.69, 9.17) is 9.47 Å². The molecule has 6 heteroatoms. The van der Waals surface area contributed by atoms with Gasteiger partial charge in [0, 0.05) is 25.2 Å². The Morgan fingerprint density at radius 2 is 2.21 bits per heavy atom. The quantitative estimate of drug-likeness (QED) is 0.599. The van der Waals surface area contributed by atoms with E-state index in [0.29, 0.717) is 12.4 Å². The molecule has 104 valence electrons. The zero-order valence-electron chi connectivity index (χ0n) is 10.9. The summed E-state index contributed by atoms with van der Waals surface area (Å²) in [6.45, 7) is 6.15. The number of ether oxygens (including phenoxy) is 2. The van der Waals surface area contributed by atoms with Gasteiger partial charge in [0.25, 0.3) is 5.69 Å². The molecule has 0 N–H and O–H groups in total. The van der Waals surface area contributed by atoms with Crippen molar-refractivity contribution >= 4 is 5.69 Å². The van der Waals surface area contributed by atoms with Crippen molar-refractivity contribution in [3.63, 3.8) is 0 Å². The lowest BCUT2D eigenvalue weighted by Gasteiger charge is -2.31. The Kier molecular flexibility index (Phi) is 4.70. The molecular weight excluding hydrogens is 248 g/mol. The van der Waals surface area contributed by atoms with Gasteiger partial charge < -0.3 is 9.47 Å². The minimum Gasteiger partial charge on any atom is -0.491 e. The Morgan fingerprint density at radius 1 is 1.47 bits per heavy atom. The van der Waals surface area contributed by atoms with Crippen molar-refractivity contribution in [2.24, 2.45) is 0 Å². The van der Waals surface area contributed by atoms with Crippen molar-refractivity contribution in [2.45, 2.75) is 13.0 Å². The second-order valence-electron chi connectivity index (χ2n) is 4.45. The molecule has 0 aliphatic carbocycles. The first-order valence-corrected chi connectivity index (χ1v) is 6.40. The summed E-state index contributed by atoms with van der Waals surface area (Å²) in [4.78, 5) is 12.4. The van der Waals surface area contributed by atoms with Crippen LogP contribution in [0.25, 0.3) is 0 Å². The summed E-state index contributed by atoms with van der Waals surface area (Å²) in [6.07, 6.45) is 0.0592. The van der Waals surface area contributed by atoms with Gasteiger partial charge in [-0.3, -0.25) is 15.0 Å². The van der Waals surface area contributed by atoms with Gasteiger partial charge in [-0.25, -0.2) is 0 Å². The van der Waals surface area contributed by atoms with Gasteiger partial charge in [-0.2, -0.15) is 0 Å². The number of morpholine rings is 1. The second-order valence-corrected chi connectivity index (χ2v) is 4.45. The molecule has 19 heavy (non-hydrogen) atoms. The minimum absolute atomic E-state index is 0.0592. The predicted molar refractivity (Wildman–Crippen MR) is 70.4 cm³/mol. The van der Waals surface area contributed by atoms with Crippen LogP contribution in [0, 0.1) is 10.1 Å². The Bertz CT molecular complexity index is 421. The minimum atomic E-state index is -0.423. The summed E-state index contributed by atoms with van der Waals surface area (Å²) in [7, 11) is 0. The zero-order chi connectivity index (χ0) is 13.7. The highest BCUT2D eigenvalue weighted by molar-refractivity contribution is 5.35. The molecule has 0 bridgehead atoms. The van der Waals surface area contributed by atoms with E-state index in [1.807, 2.05) is 0 Å². The Hall–Kier alpha value is -1.66. The number of rotatable bonds is 5. The molecule has 1 saturated heterocycles. The molecule has 1 heterocycles. The van der Waals surface area contributed by atoms with Crippen molar-refractivity contribution in [3.05, 3.63) is 34.4 Å². The average Bonchev–Trinajstić information content (AvgIpc) is 2.46.